The van der Waals surface area contributed by atoms with Crippen molar-refractivity contribution in [3.8, 4) is 0 Å². The molecular formula is C10H11Br3. The molecular weight excluding hydrogens is 360 g/mol. The van der Waals surface area contributed by atoms with Gasteiger partial charge in [0, 0.05) is 13.4 Å². The summed E-state index contributed by atoms with van der Waals surface area (Å²) in [6.45, 7) is 6.61. The minimum Gasteiger partial charge on any atom is -0.0560 e. The molecule has 0 aromatic heterocycles. The van der Waals surface area contributed by atoms with E-state index in [1.165, 1.54) is 5.56 Å². The second-order valence-electron chi connectivity index (χ2n) is 4.00. The lowest BCUT2D eigenvalue weighted by atomic mass is 9.87. The molecule has 0 fully saturated rings. The fourth-order valence-corrected chi connectivity index (χ4v) is 3.03. The molecule has 0 spiro atoms. The maximum Gasteiger partial charge on any atom is 0.0328 e. The molecule has 1 aromatic rings. The van der Waals surface area contributed by atoms with Gasteiger partial charge in [0.05, 0.1) is 0 Å². The summed E-state index contributed by atoms with van der Waals surface area (Å²) in [5, 5.41) is 0. The van der Waals surface area contributed by atoms with Crippen LogP contribution >= 0.6 is 47.8 Å². The average Bonchev–Trinajstić information content (AvgIpc) is 1.94. The van der Waals surface area contributed by atoms with Crippen LogP contribution in [0.1, 0.15) is 26.3 Å². The molecule has 0 aliphatic carbocycles. The Morgan fingerprint density at radius 3 is 1.77 bits per heavy atom. The molecule has 0 aliphatic heterocycles. The van der Waals surface area contributed by atoms with Crippen molar-refractivity contribution in [2.24, 2.45) is 0 Å². The highest BCUT2D eigenvalue weighted by Gasteiger charge is 2.18. The van der Waals surface area contributed by atoms with Gasteiger partial charge in [-0.05, 0) is 55.0 Å². The molecule has 0 atom stereocenters. The quantitative estimate of drug-likeness (QED) is 0.545. The van der Waals surface area contributed by atoms with Crippen molar-refractivity contribution in [1.82, 2.24) is 0 Å². The molecule has 13 heavy (non-hydrogen) atoms. The van der Waals surface area contributed by atoms with E-state index >= 15 is 0 Å². The van der Waals surface area contributed by atoms with Gasteiger partial charge in [-0.2, -0.15) is 0 Å². The summed E-state index contributed by atoms with van der Waals surface area (Å²) < 4.78 is 3.32. The van der Waals surface area contributed by atoms with Crippen LogP contribution in [0.2, 0.25) is 0 Å². The first kappa shape index (κ1) is 11.7. The Morgan fingerprint density at radius 1 is 0.846 bits per heavy atom. The Bertz CT molecular complexity index is 324. The van der Waals surface area contributed by atoms with Crippen LogP contribution < -0.4 is 0 Å². The second-order valence-corrected chi connectivity index (χ2v) is 6.56. The zero-order valence-electron chi connectivity index (χ0n) is 7.79. The SMILES string of the molecule is CC(C)(C)c1cc(Br)c(Br)cc1Br. The molecule has 0 amide bonds. The largest absolute Gasteiger partial charge is 0.0560 e. The highest BCUT2D eigenvalue weighted by Crippen LogP contribution is 2.36. The van der Waals surface area contributed by atoms with Gasteiger partial charge in [-0.15, -0.1) is 0 Å². The molecule has 0 radical (unpaired) electrons. The van der Waals surface area contributed by atoms with E-state index in [-0.39, 0.29) is 5.41 Å². The number of halogens is 3. The van der Waals surface area contributed by atoms with Crippen LogP contribution in [0.25, 0.3) is 0 Å². The molecule has 0 bridgehead atoms. The summed E-state index contributed by atoms with van der Waals surface area (Å²) in [6, 6.07) is 4.22. The second kappa shape index (κ2) is 4.03. The summed E-state index contributed by atoms with van der Waals surface area (Å²) in [5.74, 6) is 0. The average molecular weight is 371 g/mol. The maximum absolute atomic E-state index is 3.57. The molecule has 1 aromatic carbocycles. The molecule has 0 nitrogen and oxygen atoms in total. The minimum atomic E-state index is 0.169. The van der Waals surface area contributed by atoms with Crippen LogP contribution in [0.4, 0.5) is 0 Å². The first-order chi connectivity index (χ1) is 5.82. The monoisotopic (exact) mass is 368 g/mol. The summed E-state index contributed by atoms with van der Waals surface area (Å²) in [5.41, 5.74) is 1.48. The van der Waals surface area contributed by atoms with E-state index in [4.69, 9.17) is 0 Å². The Hall–Kier alpha value is 0.660. The van der Waals surface area contributed by atoms with Gasteiger partial charge in [0.2, 0.25) is 0 Å². The summed E-state index contributed by atoms with van der Waals surface area (Å²) in [7, 11) is 0. The predicted octanol–water partition coefficient (Wildman–Crippen LogP) is 5.27. The normalized spacial score (nSPS) is 11.8. The van der Waals surface area contributed by atoms with Crippen LogP contribution in [-0.4, -0.2) is 0 Å². The van der Waals surface area contributed by atoms with Gasteiger partial charge < -0.3 is 0 Å². The van der Waals surface area contributed by atoms with Crippen molar-refractivity contribution in [3.63, 3.8) is 0 Å². The Labute approximate surface area is 104 Å². The van der Waals surface area contributed by atoms with Gasteiger partial charge in [0.25, 0.3) is 0 Å². The molecule has 0 heterocycles. The molecule has 0 aliphatic rings. The Kier molecular flexibility index (Phi) is 3.64. The number of hydrogen-bond acceptors (Lipinski definition) is 0. The molecule has 3 heteroatoms. The summed E-state index contributed by atoms with van der Waals surface area (Å²) in [4.78, 5) is 0. The fourth-order valence-electron chi connectivity index (χ4n) is 1.10. The molecule has 0 N–H and O–H groups in total. The van der Waals surface area contributed by atoms with Crippen molar-refractivity contribution in [2.45, 2.75) is 26.2 Å². The fraction of sp³-hybridized carbons (Fsp3) is 0.400. The number of benzene rings is 1. The van der Waals surface area contributed by atoms with E-state index in [1.54, 1.807) is 0 Å². The smallest absolute Gasteiger partial charge is 0.0328 e. The highest BCUT2D eigenvalue weighted by molar-refractivity contribution is 9.13. The van der Waals surface area contributed by atoms with E-state index in [9.17, 15) is 0 Å². The third kappa shape index (κ3) is 2.80. The standard InChI is InChI=1S/C10H11Br3/c1-10(2,3)6-4-8(12)9(13)5-7(6)11/h4-5H,1-3H3. The maximum atomic E-state index is 3.57. The summed E-state index contributed by atoms with van der Waals surface area (Å²) in [6.07, 6.45) is 0. The lowest BCUT2D eigenvalue weighted by molar-refractivity contribution is 0.586. The summed E-state index contributed by atoms with van der Waals surface area (Å²) >= 11 is 10.5. The van der Waals surface area contributed by atoms with E-state index in [0.717, 1.165) is 13.4 Å². The zero-order valence-corrected chi connectivity index (χ0v) is 12.5. The van der Waals surface area contributed by atoms with Crippen molar-refractivity contribution in [3.05, 3.63) is 31.1 Å². The van der Waals surface area contributed by atoms with E-state index < -0.39 is 0 Å². The zero-order chi connectivity index (χ0) is 10.2. The van der Waals surface area contributed by atoms with Crippen LogP contribution in [0.15, 0.2) is 25.6 Å². The van der Waals surface area contributed by atoms with Crippen molar-refractivity contribution in [1.29, 1.82) is 0 Å². The third-order valence-corrected chi connectivity index (χ3v) is 4.32. The van der Waals surface area contributed by atoms with Crippen molar-refractivity contribution < 1.29 is 0 Å². The molecule has 0 saturated heterocycles. The molecule has 0 unspecified atom stereocenters. The number of hydrogen-bond donors (Lipinski definition) is 0. The molecule has 72 valence electrons. The van der Waals surface area contributed by atoms with Crippen LogP contribution in [0, 0.1) is 0 Å². The molecule has 1 rings (SSSR count). The lowest BCUT2D eigenvalue weighted by Gasteiger charge is -2.21. The predicted molar refractivity (Wildman–Crippen MR) is 68.2 cm³/mol. The van der Waals surface area contributed by atoms with E-state index in [1.807, 2.05) is 0 Å². The first-order valence-electron chi connectivity index (χ1n) is 3.97. The van der Waals surface area contributed by atoms with Gasteiger partial charge in [-0.1, -0.05) is 36.7 Å². The van der Waals surface area contributed by atoms with Crippen LogP contribution in [-0.2, 0) is 5.41 Å². The van der Waals surface area contributed by atoms with Gasteiger partial charge >= 0.3 is 0 Å². The first-order valence-corrected chi connectivity index (χ1v) is 6.35. The van der Waals surface area contributed by atoms with Gasteiger partial charge in [-0.25, -0.2) is 0 Å². The van der Waals surface area contributed by atoms with Crippen molar-refractivity contribution >= 4 is 47.8 Å². The highest BCUT2D eigenvalue weighted by atomic mass is 79.9. The van der Waals surface area contributed by atoms with Crippen LogP contribution in [0.5, 0.6) is 0 Å². The third-order valence-electron chi connectivity index (χ3n) is 1.82. The Morgan fingerprint density at radius 2 is 1.31 bits per heavy atom. The minimum absolute atomic E-state index is 0.169. The number of rotatable bonds is 0. The Balaban J connectivity index is 3.32. The van der Waals surface area contributed by atoms with Crippen molar-refractivity contribution in [2.75, 3.05) is 0 Å². The van der Waals surface area contributed by atoms with Gasteiger partial charge in [-0.3, -0.25) is 0 Å². The van der Waals surface area contributed by atoms with Crippen LogP contribution in [0.3, 0.4) is 0 Å². The van der Waals surface area contributed by atoms with Gasteiger partial charge in [0.15, 0.2) is 0 Å². The van der Waals surface area contributed by atoms with Gasteiger partial charge in [0.1, 0.15) is 0 Å². The topological polar surface area (TPSA) is 0 Å². The molecule has 0 saturated carbocycles. The lowest BCUT2D eigenvalue weighted by Crippen LogP contribution is -2.11. The van der Waals surface area contributed by atoms with E-state index in [2.05, 4.69) is 80.7 Å². The van der Waals surface area contributed by atoms with E-state index in [0.29, 0.717) is 0 Å².